The summed E-state index contributed by atoms with van der Waals surface area (Å²) >= 11 is 0. The van der Waals surface area contributed by atoms with Crippen LogP contribution in [0.2, 0.25) is 0 Å². The number of anilines is 2. The summed E-state index contributed by atoms with van der Waals surface area (Å²) in [4.78, 5) is 20.4. The van der Waals surface area contributed by atoms with Crippen molar-refractivity contribution in [1.29, 1.82) is 5.41 Å². The van der Waals surface area contributed by atoms with Crippen LogP contribution in [0.1, 0.15) is 33.7 Å². The number of nitrogens with one attached hydrogen (secondary N) is 2. The van der Waals surface area contributed by atoms with Crippen LogP contribution < -0.4 is 16.0 Å². The molecule has 0 aliphatic rings. The molecule has 1 aromatic heterocycles. The van der Waals surface area contributed by atoms with E-state index in [0.717, 1.165) is 33.8 Å². The number of benzene rings is 4. The van der Waals surface area contributed by atoms with Crippen LogP contribution in [-0.2, 0) is 24.9 Å². The number of amidine groups is 1. The maximum Gasteiger partial charge on any atom is 0.258 e. The zero-order valence-electron chi connectivity index (χ0n) is 23.5. The number of halogens is 1. The maximum atomic E-state index is 13.8. The van der Waals surface area contributed by atoms with E-state index in [9.17, 15) is 4.79 Å². The number of aromatic nitrogens is 2. The summed E-state index contributed by atoms with van der Waals surface area (Å²) in [5.41, 5.74) is 11.4. The van der Waals surface area contributed by atoms with Gasteiger partial charge in [-0.05, 0) is 66.6 Å². The summed E-state index contributed by atoms with van der Waals surface area (Å²) in [7, 11) is 1.97. The van der Waals surface area contributed by atoms with Gasteiger partial charge in [0.1, 0.15) is 11.7 Å². The summed E-state index contributed by atoms with van der Waals surface area (Å²) in [6, 6.07) is 32.9. The second-order valence-electron chi connectivity index (χ2n) is 9.82. The molecule has 42 heavy (non-hydrogen) atoms. The van der Waals surface area contributed by atoms with Crippen LogP contribution in [0, 0.1) is 5.41 Å². The van der Waals surface area contributed by atoms with Gasteiger partial charge < -0.3 is 25.3 Å². The molecule has 4 aromatic carbocycles. The Morgan fingerprint density at radius 3 is 2.31 bits per heavy atom. The molecule has 4 N–H and O–H groups in total. The molecule has 1 amide bonds. The third kappa shape index (κ3) is 7.34. The van der Waals surface area contributed by atoms with Crippen molar-refractivity contribution >= 4 is 46.6 Å². The van der Waals surface area contributed by atoms with Crippen LogP contribution in [0.4, 0.5) is 11.4 Å². The third-order valence-corrected chi connectivity index (χ3v) is 6.96. The van der Waals surface area contributed by atoms with Gasteiger partial charge in [-0.3, -0.25) is 10.2 Å². The first-order valence-electron chi connectivity index (χ1n) is 13.6. The zero-order valence-corrected chi connectivity index (χ0v) is 24.3. The molecule has 8 nitrogen and oxygen atoms in total. The quantitative estimate of drug-likeness (QED) is 0.0929. The van der Waals surface area contributed by atoms with E-state index >= 15 is 0 Å². The highest BCUT2D eigenvalue weighted by atomic mass is 35.5. The fourth-order valence-corrected chi connectivity index (χ4v) is 4.69. The van der Waals surface area contributed by atoms with Crippen LogP contribution in [0.5, 0.6) is 0 Å². The number of nitrogens with zero attached hydrogens (tertiary/aromatic N) is 3. The van der Waals surface area contributed by atoms with E-state index in [-0.39, 0.29) is 24.1 Å². The number of rotatable bonds is 12. The molecule has 0 saturated heterocycles. The van der Waals surface area contributed by atoms with Crippen molar-refractivity contribution in [2.75, 3.05) is 23.4 Å². The van der Waals surface area contributed by atoms with Crippen LogP contribution in [0.25, 0.3) is 11.0 Å². The van der Waals surface area contributed by atoms with Gasteiger partial charge in [0.05, 0.1) is 24.2 Å². The number of imidazole rings is 1. The second-order valence-corrected chi connectivity index (χ2v) is 9.82. The SMILES string of the molecule is Cl.Cn1c(CNc2ccc(C(=N)N)cc2)nc2cc(C(=O)N(CCCOCc3ccccc3)c3ccccc3)ccc21. The highest BCUT2D eigenvalue weighted by molar-refractivity contribution is 6.07. The number of hydrogen-bond donors (Lipinski definition) is 3. The van der Waals surface area contributed by atoms with Gasteiger partial charge in [0.15, 0.2) is 0 Å². The fraction of sp³-hybridized carbons (Fsp3) is 0.182. The number of carbonyl (C=O) groups excluding carboxylic acids is 1. The number of ether oxygens (including phenoxy) is 1. The van der Waals surface area contributed by atoms with Gasteiger partial charge in [-0.2, -0.15) is 0 Å². The molecule has 0 unspecified atom stereocenters. The molecule has 0 aliphatic heterocycles. The van der Waals surface area contributed by atoms with Crippen LogP contribution in [0.15, 0.2) is 103 Å². The highest BCUT2D eigenvalue weighted by Crippen LogP contribution is 2.22. The van der Waals surface area contributed by atoms with Gasteiger partial charge >= 0.3 is 0 Å². The molecule has 0 radical (unpaired) electrons. The van der Waals surface area contributed by atoms with E-state index in [1.54, 1.807) is 0 Å². The lowest BCUT2D eigenvalue weighted by Gasteiger charge is -2.23. The minimum atomic E-state index is -0.0722. The molecule has 0 saturated carbocycles. The van der Waals surface area contributed by atoms with Crippen molar-refractivity contribution < 1.29 is 9.53 Å². The molecule has 5 aromatic rings. The Bertz CT molecular complexity index is 1620. The number of amides is 1. The average molecular weight is 583 g/mol. The molecule has 5 rings (SSSR count). The summed E-state index contributed by atoms with van der Waals surface area (Å²) in [6.45, 7) is 2.15. The Hall–Kier alpha value is -4.66. The van der Waals surface area contributed by atoms with Crippen molar-refractivity contribution in [3.8, 4) is 0 Å². The molecule has 0 spiro atoms. The Balaban J connectivity index is 0.00000405. The van der Waals surface area contributed by atoms with E-state index in [1.165, 1.54) is 0 Å². The first kappa shape index (κ1) is 30.3. The number of nitrogen functional groups attached to an aromatic ring is 1. The molecular weight excluding hydrogens is 548 g/mol. The minimum absolute atomic E-state index is 0. The van der Waals surface area contributed by atoms with Gasteiger partial charge in [-0.25, -0.2) is 4.98 Å². The Morgan fingerprint density at radius 1 is 0.952 bits per heavy atom. The number of nitrogens with two attached hydrogens (primary N) is 1. The van der Waals surface area contributed by atoms with E-state index in [1.807, 2.05) is 120 Å². The lowest BCUT2D eigenvalue weighted by molar-refractivity contribution is 0.0973. The Labute approximate surface area is 252 Å². The number of fused-ring (bicyclic) bond motifs is 1. The molecular formula is C33H35ClN6O2. The number of carbonyl (C=O) groups is 1. The van der Waals surface area contributed by atoms with Crippen LogP contribution >= 0.6 is 12.4 Å². The molecule has 0 bridgehead atoms. The monoisotopic (exact) mass is 582 g/mol. The van der Waals surface area contributed by atoms with Gasteiger partial charge in [0, 0.05) is 42.7 Å². The van der Waals surface area contributed by atoms with Gasteiger partial charge in [-0.1, -0.05) is 48.5 Å². The van der Waals surface area contributed by atoms with Gasteiger partial charge in [-0.15, -0.1) is 12.4 Å². The number of para-hydroxylation sites is 1. The summed E-state index contributed by atoms with van der Waals surface area (Å²) in [6.07, 6.45) is 0.711. The smallest absolute Gasteiger partial charge is 0.258 e. The van der Waals surface area contributed by atoms with Crippen molar-refractivity contribution in [2.24, 2.45) is 12.8 Å². The Morgan fingerprint density at radius 2 is 1.62 bits per heavy atom. The number of aryl methyl sites for hydroxylation is 1. The molecule has 216 valence electrons. The van der Waals surface area contributed by atoms with Gasteiger partial charge in [0.2, 0.25) is 0 Å². The lowest BCUT2D eigenvalue weighted by Crippen LogP contribution is -2.32. The minimum Gasteiger partial charge on any atom is -0.384 e. The van der Waals surface area contributed by atoms with Crippen LogP contribution in [-0.4, -0.2) is 34.4 Å². The van der Waals surface area contributed by atoms with E-state index in [4.69, 9.17) is 20.9 Å². The zero-order chi connectivity index (χ0) is 28.6. The number of hydrogen-bond acceptors (Lipinski definition) is 5. The molecule has 0 fully saturated rings. The van der Waals surface area contributed by atoms with Crippen molar-refractivity contribution in [2.45, 2.75) is 19.6 Å². The highest BCUT2D eigenvalue weighted by Gasteiger charge is 2.19. The molecule has 1 heterocycles. The second kappa shape index (κ2) is 14.3. The normalized spacial score (nSPS) is 10.7. The van der Waals surface area contributed by atoms with E-state index < -0.39 is 0 Å². The predicted octanol–water partition coefficient (Wildman–Crippen LogP) is 6.14. The predicted molar refractivity (Wildman–Crippen MR) is 172 cm³/mol. The maximum absolute atomic E-state index is 13.8. The standard InChI is InChI=1S/C33H34N6O2.ClH/c1-38-30-18-15-26(21-29(30)37-31(38)22-36-27-16-13-25(14-17-27)32(34)35)33(40)39(28-11-6-3-7-12-28)19-8-20-41-23-24-9-4-2-5-10-24;/h2-7,9-18,21,36H,8,19-20,22-23H2,1H3,(H3,34,35);1H. The summed E-state index contributed by atoms with van der Waals surface area (Å²) in [5.74, 6) is 0.812. The first-order chi connectivity index (χ1) is 20.0. The third-order valence-electron chi connectivity index (χ3n) is 6.96. The van der Waals surface area contributed by atoms with E-state index in [2.05, 4.69) is 5.32 Å². The summed E-state index contributed by atoms with van der Waals surface area (Å²) < 4.78 is 7.89. The molecule has 9 heteroatoms. The largest absolute Gasteiger partial charge is 0.384 e. The topological polar surface area (TPSA) is 109 Å². The molecule has 0 atom stereocenters. The van der Waals surface area contributed by atoms with Crippen LogP contribution in [0.3, 0.4) is 0 Å². The van der Waals surface area contributed by atoms with Crippen molar-refractivity contribution in [1.82, 2.24) is 9.55 Å². The van der Waals surface area contributed by atoms with Crippen molar-refractivity contribution in [3.05, 3.63) is 126 Å². The summed E-state index contributed by atoms with van der Waals surface area (Å²) in [5, 5.41) is 10.9. The lowest BCUT2D eigenvalue weighted by atomic mass is 10.1. The van der Waals surface area contributed by atoms with E-state index in [0.29, 0.717) is 43.9 Å². The Kier molecular flexibility index (Phi) is 10.3. The molecule has 0 aliphatic carbocycles. The fourth-order valence-electron chi connectivity index (χ4n) is 4.69. The first-order valence-corrected chi connectivity index (χ1v) is 13.6. The average Bonchev–Trinajstić information content (AvgIpc) is 3.33. The van der Waals surface area contributed by atoms with Crippen molar-refractivity contribution in [3.63, 3.8) is 0 Å². The van der Waals surface area contributed by atoms with Gasteiger partial charge in [0.25, 0.3) is 5.91 Å².